The van der Waals surface area contributed by atoms with Crippen molar-refractivity contribution in [3.05, 3.63) is 0 Å². The lowest BCUT2D eigenvalue weighted by Gasteiger charge is -2.43. The van der Waals surface area contributed by atoms with E-state index in [1.54, 1.807) is 0 Å². The Morgan fingerprint density at radius 3 is 2.08 bits per heavy atom. The molecule has 25 heavy (non-hydrogen) atoms. The Kier molecular flexibility index (Phi) is 4.26. The van der Waals surface area contributed by atoms with E-state index in [1.807, 2.05) is 0 Å². The molecule has 2 atom stereocenters. The van der Waals surface area contributed by atoms with Crippen LogP contribution in [0.15, 0.2) is 0 Å². The Balaban J connectivity index is 1.78. The van der Waals surface area contributed by atoms with Gasteiger partial charge in [0.05, 0.1) is 16.8 Å². The fourth-order valence-electron chi connectivity index (χ4n) is 6.33. The third-order valence-corrected chi connectivity index (χ3v) is 8.81. The van der Waals surface area contributed by atoms with E-state index in [0.717, 1.165) is 25.7 Å². The summed E-state index contributed by atoms with van der Waals surface area (Å²) in [5, 5.41) is 2.34. The number of sulfonamides is 1. The zero-order valence-corrected chi connectivity index (χ0v) is 17.4. The summed E-state index contributed by atoms with van der Waals surface area (Å²) < 4.78 is 29.0. The van der Waals surface area contributed by atoms with Gasteiger partial charge in [-0.25, -0.2) is 13.1 Å². The quantitative estimate of drug-likeness (QED) is 0.787. The van der Waals surface area contributed by atoms with Crippen molar-refractivity contribution >= 4 is 15.8 Å². The Labute approximate surface area is 152 Å². The number of Topliss-reactive ketones (excluding diaryl/α,β-unsaturated/α-hetero) is 1. The predicted octanol–water partition coefficient (Wildman–Crippen LogP) is 1.58. The molecule has 144 valence electrons. The highest BCUT2D eigenvalue weighted by molar-refractivity contribution is 7.89. The number of carbonyl (C=O) groups is 1. The molecule has 2 bridgehead atoms. The molecule has 0 aromatic rings. The van der Waals surface area contributed by atoms with Crippen LogP contribution < -0.4 is 10.0 Å². The highest BCUT2D eigenvalue weighted by Crippen LogP contribution is 2.64. The van der Waals surface area contributed by atoms with E-state index in [0.29, 0.717) is 12.3 Å². The van der Waals surface area contributed by atoms with E-state index < -0.39 is 15.4 Å². The maximum Gasteiger partial charge on any atom is 0.212 e. The maximum atomic E-state index is 13.0. The Morgan fingerprint density at radius 2 is 1.64 bits per heavy atom. The van der Waals surface area contributed by atoms with Crippen LogP contribution in [-0.4, -0.2) is 37.1 Å². The summed E-state index contributed by atoms with van der Waals surface area (Å²) in [6.07, 6.45) is 3.87. The van der Waals surface area contributed by atoms with E-state index >= 15 is 0 Å². The molecule has 2 saturated carbocycles. The predicted molar refractivity (Wildman–Crippen MR) is 98.6 cm³/mol. The number of ketones is 1. The van der Waals surface area contributed by atoms with Crippen LogP contribution in [0.1, 0.15) is 73.6 Å². The van der Waals surface area contributed by atoms with Crippen LogP contribution in [0.2, 0.25) is 0 Å². The number of quaternary nitrogens is 1. The molecule has 0 amide bonds. The van der Waals surface area contributed by atoms with Gasteiger partial charge in [-0.15, -0.1) is 0 Å². The topological polar surface area (TPSA) is 79.8 Å². The largest absolute Gasteiger partial charge is 0.337 e. The van der Waals surface area contributed by atoms with Crippen LogP contribution >= 0.6 is 0 Å². The summed E-state index contributed by atoms with van der Waals surface area (Å²) in [5.74, 6) is 0.470. The van der Waals surface area contributed by atoms with Crippen molar-refractivity contribution < 1.29 is 18.5 Å². The zero-order valence-electron chi connectivity index (χ0n) is 16.6. The van der Waals surface area contributed by atoms with Crippen molar-refractivity contribution in [2.75, 3.05) is 5.75 Å². The highest BCUT2D eigenvalue weighted by Gasteiger charge is 2.65. The smallest absolute Gasteiger partial charge is 0.212 e. The van der Waals surface area contributed by atoms with Gasteiger partial charge in [-0.2, -0.15) is 0 Å². The molecule has 0 unspecified atom stereocenters. The fraction of sp³-hybridized carbons (Fsp3) is 0.947. The highest BCUT2D eigenvalue weighted by atomic mass is 32.2. The molecule has 0 spiro atoms. The van der Waals surface area contributed by atoms with Crippen LogP contribution in [0.4, 0.5) is 0 Å². The van der Waals surface area contributed by atoms with Crippen LogP contribution in [0.25, 0.3) is 0 Å². The lowest BCUT2D eigenvalue weighted by molar-refractivity contribution is -0.787. The Hall–Kier alpha value is -0.460. The molecule has 1 saturated heterocycles. The van der Waals surface area contributed by atoms with Crippen molar-refractivity contribution in [1.29, 1.82) is 0 Å². The van der Waals surface area contributed by atoms with Crippen molar-refractivity contribution in [2.45, 2.75) is 90.8 Å². The molecule has 2 aliphatic carbocycles. The third kappa shape index (κ3) is 3.30. The first-order chi connectivity index (χ1) is 11.2. The molecule has 6 heteroatoms. The number of rotatable bonds is 4. The normalized spacial score (nSPS) is 36.7. The van der Waals surface area contributed by atoms with Gasteiger partial charge in [-0.05, 0) is 51.9 Å². The van der Waals surface area contributed by atoms with Crippen molar-refractivity contribution in [2.24, 2.45) is 16.7 Å². The number of hydrogen-bond donors (Lipinski definition) is 2. The molecular weight excluding hydrogens is 336 g/mol. The van der Waals surface area contributed by atoms with Gasteiger partial charge in [0.15, 0.2) is 0 Å². The standard InChI is InChI=1S/C19H34N2O3S/c1-16(2)10-14(11-17(3,4)21-16)20-25(23,24)12-19-8-7-13(9-15(19)22)18(19,5)6/h13-14,20-21H,7-12H2,1-6H3/p+1/t13-,19-/m0/s1. The summed E-state index contributed by atoms with van der Waals surface area (Å²) in [6, 6.07) is -0.0618. The monoisotopic (exact) mass is 371 g/mol. The van der Waals surface area contributed by atoms with Crippen molar-refractivity contribution in [3.63, 3.8) is 0 Å². The summed E-state index contributed by atoms with van der Waals surface area (Å²) >= 11 is 0. The molecule has 1 heterocycles. The van der Waals surface area contributed by atoms with Gasteiger partial charge in [0.25, 0.3) is 0 Å². The second-order valence-corrected chi connectivity index (χ2v) is 12.5. The van der Waals surface area contributed by atoms with Crippen molar-refractivity contribution in [3.8, 4) is 0 Å². The molecule has 3 fully saturated rings. The SMILES string of the molecule is CC1(C)CC(NS(=O)(=O)C[C@@]23CC[C@@H](CC2=O)C3(C)C)CC(C)(C)[NH2+]1. The van der Waals surface area contributed by atoms with Gasteiger partial charge in [-0.3, -0.25) is 4.79 Å². The molecule has 0 aromatic heterocycles. The van der Waals surface area contributed by atoms with Crippen LogP contribution in [-0.2, 0) is 14.8 Å². The minimum Gasteiger partial charge on any atom is -0.337 e. The number of fused-ring (bicyclic) bond motifs is 2. The van der Waals surface area contributed by atoms with Gasteiger partial charge in [0, 0.05) is 30.7 Å². The van der Waals surface area contributed by atoms with E-state index in [-0.39, 0.29) is 34.1 Å². The van der Waals surface area contributed by atoms with E-state index in [1.165, 1.54) is 0 Å². The molecule has 5 nitrogen and oxygen atoms in total. The third-order valence-electron chi connectivity index (χ3n) is 7.25. The van der Waals surface area contributed by atoms with E-state index in [4.69, 9.17) is 0 Å². The van der Waals surface area contributed by atoms with Crippen LogP contribution in [0.3, 0.4) is 0 Å². The molecule has 0 aromatic carbocycles. The summed E-state index contributed by atoms with van der Waals surface area (Å²) in [7, 11) is -3.50. The van der Waals surface area contributed by atoms with Gasteiger partial charge < -0.3 is 5.32 Å². The lowest BCUT2D eigenvalue weighted by atomic mass is 9.70. The van der Waals surface area contributed by atoms with E-state index in [2.05, 4.69) is 51.6 Å². The first-order valence-electron chi connectivity index (χ1n) is 9.59. The second-order valence-electron chi connectivity index (χ2n) is 10.8. The van der Waals surface area contributed by atoms with Gasteiger partial charge in [0.2, 0.25) is 10.0 Å². The number of carbonyl (C=O) groups excluding carboxylic acids is 1. The number of nitrogens with one attached hydrogen (secondary N) is 1. The zero-order chi connectivity index (χ0) is 18.9. The summed E-state index contributed by atoms with van der Waals surface area (Å²) in [5.41, 5.74) is -0.880. The molecule has 0 radical (unpaired) electrons. The number of piperidine rings is 1. The average molecular weight is 372 g/mol. The first-order valence-corrected chi connectivity index (χ1v) is 11.2. The van der Waals surface area contributed by atoms with Crippen LogP contribution in [0, 0.1) is 16.7 Å². The van der Waals surface area contributed by atoms with Crippen molar-refractivity contribution in [1.82, 2.24) is 4.72 Å². The van der Waals surface area contributed by atoms with Gasteiger partial charge in [0.1, 0.15) is 5.78 Å². The lowest BCUT2D eigenvalue weighted by Crippen LogP contribution is -3.06. The molecule has 3 N–H and O–H groups in total. The second kappa shape index (κ2) is 5.52. The van der Waals surface area contributed by atoms with Crippen LogP contribution in [0.5, 0.6) is 0 Å². The van der Waals surface area contributed by atoms with E-state index in [9.17, 15) is 13.2 Å². The maximum absolute atomic E-state index is 13.0. The molecule has 1 aliphatic heterocycles. The summed E-state index contributed by atoms with van der Waals surface area (Å²) in [6.45, 7) is 12.8. The molecule has 3 aliphatic rings. The first kappa shape index (κ1) is 19.3. The Morgan fingerprint density at radius 1 is 1.08 bits per heavy atom. The minimum atomic E-state index is -3.50. The molecular formula is C19H35N2O3S+. The van der Waals surface area contributed by atoms with Gasteiger partial charge >= 0.3 is 0 Å². The summed E-state index contributed by atoms with van der Waals surface area (Å²) in [4.78, 5) is 12.7. The van der Waals surface area contributed by atoms with Gasteiger partial charge in [-0.1, -0.05) is 13.8 Å². The average Bonchev–Trinajstić information content (AvgIpc) is 2.67. The Bertz CT molecular complexity index is 665. The molecule has 3 rings (SSSR count). The minimum absolute atomic E-state index is 0.00806. The number of nitrogens with two attached hydrogens (primary N) is 1. The fourth-order valence-corrected chi connectivity index (χ4v) is 8.41. The number of hydrogen-bond acceptors (Lipinski definition) is 3.